The van der Waals surface area contributed by atoms with Crippen molar-refractivity contribution in [3.63, 3.8) is 0 Å². The summed E-state index contributed by atoms with van der Waals surface area (Å²) in [5.74, 6) is 1.60. The lowest BCUT2D eigenvalue weighted by Gasteiger charge is -2.42. The molecule has 8 nitrogen and oxygen atoms in total. The summed E-state index contributed by atoms with van der Waals surface area (Å²) >= 11 is 0. The molecule has 0 amide bonds. The van der Waals surface area contributed by atoms with Crippen molar-refractivity contribution in [3.8, 4) is 5.75 Å². The Morgan fingerprint density at radius 3 is 2.51 bits per heavy atom. The normalized spacial score (nSPS) is 18.4. The van der Waals surface area contributed by atoms with E-state index in [2.05, 4.69) is 37.0 Å². The fraction of sp³-hybridized carbons (Fsp3) is 0.500. The summed E-state index contributed by atoms with van der Waals surface area (Å²) in [6, 6.07) is 9.14. The molecule has 2 fully saturated rings. The van der Waals surface area contributed by atoms with Gasteiger partial charge in [-0.3, -0.25) is 4.90 Å². The number of rotatable bonds is 6. The number of ether oxygens (including phenoxy) is 1. The number of fused-ring (bicyclic) bond motifs is 1. The van der Waals surface area contributed by atoms with Gasteiger partial charge in [-0.05, 0) is 58.0 Å². The number of aromatic nitrogens is 3. The first-order valence-corrected chi connectivity index (χ1v) is 12.5. The van der Waals surface area contributed by atoms with Gasteiger partial charge >= 0.3 is 0 Å². The molecule has 5 rings (SSSR count). The van der Waals surface area contributed by atoms with E-state index in [1.54, 1.807) is 6.07 Å². The highest BCUT2D eigenvalue weighted by molar-refractivity contribution is 5.88. The van der Waals surface area contributed by atoms with Crippen LogP contribution in [0.3, 0.4) is 0 Å². The highest BCUT2D eigenvalue weighted by Crippen LogP contribution is 2.32. The molecule has 35 heavy (non-hydrogen) atoms. The van der Waals surface area contributed by atoms with Crippen LogP contribution in [-0.2, 0) is 0 Å². The molecule has 0 saturated carbocycles. The Hall–Kier alpha value is -3.04. The zero-order valence-electron chi connectivity index (χ0n) is 20.7. The van der Waals surface area contributed by atoms with Gasteiger partial charge in [-0.25, -0.2) is 19.3 Å². The number of anilines is 3. The Kier molecular flexibility index (Phi) is 6.97. The first-order chi connectivity index (χ1) is 17.0. The van der Waals surface area contributed by atoms with Crippen molar-refractivity contribution in [1.82, 2.24) is 24.8 Å². The van der Waals surface area contributed by atoms with Crippen LogP contribution in [0.4, 0.5) is 21.7 Å². The van der Waals surface area contributed by atoms with E-state index in [0.717, 1.165) is 63.4 Å². The number of hydrogen-bond donors (Lipinski definition) is 1. The van der Waals surface area contributed by atoms with Crippen LogP contribution in [0.2, 0.25) is 0 Å². The van der Waals surface area contributed by atoms with Crippen LogP contribution < -0.4 is 15.0 Å². The van der Waals surface area contributed by atoms with E-state index in [0.29, 0.717) is 28.8 Å². The molecule has 2 aliphatic rings. The third kappa shape index (κ3) is 5.46. The van der Waals surface area contributed by atoms with Crippen LogP contribution in [0.1, 0.15) is 26.7 Å². The molecule has 2 aliphatic heterocycles. The molecule has 0 atom stereocenters. The molecule has 0 spiro atoms. The second-order valence-electron chi connectivity index (χ2n) is 9.75. The summed E-state index contributed by atoms with van der Waals surface area (Å²) in [5, 5.41) is 3.30. The van der Waals surface area contributed by atoms with Crippen LogP contribution in [0, 0.1) is 5.82 Å². The van der Waals surface area contributed by atoms with E-state index in [1.807, 2.05) is 26.0 Å². The van der Waals surface area contributed by atoms with Gasteiger partial charge in [-0.15, -0.1) is 0 Å². The SMILES string of the molecule is CC(C)Oc1cc(F)ccc1Nc1ncnc2ccc(N3CCC(N4CCN(C)CC4)CC3)nc12. The number of nitrogens with zero attached hydrogens (tertiary/aromatic N) is 6. The number of hydrogen-bond acceptors (Lipinski definition) is 8. The zero-order valence-corrected chi connectivity index (χ0v) is 20.7. The van der Waals surface area contributed by atoms with E-state index in [4.69, 9.17) is 9.72 Å². The minimum absolute atomic E-state index is 0.0852. The van der Waals surface area contributed by atoms with Gasteiger partial charge in [0.25, 0.3) is 0 Å². The third-order valence-electron chi connectivity index (χ3n) is 6.87. The molecule has 2 saturated heterocycles. The molecule has 0 bridgehead atoms. The lowest BCUT2D eigenvalue weighted by atomic mass is 10.0. The van der Waals surface area contributed by atoms with E-state index < -0.39 is 0 Å². The molecule has 0 aliphatic carbocycles. The summed E-state index contributed by atoms with van der Waals surface area (Å²) in [6.07, 6.45) is 3.72. The second-order valence-corrected chi connectivity index (χ2v) is 9.75. The lowest BCUT2D eigenvalue weighted by molar-refractivity contribution is 0.0981. The Balaban J connectivity index is 1.34. The zero-order chi connectivity index (χ0) is 24.4. The minimum Gasteiger partial charge on any atom is -0.489 e. The molecule has 1 N–H and O–H groups in total. The predicted octanol–water partition coefficient (Wildman–Crippen LogP) is 3.91. The maximum atomic E-state index is 13.9. The Labute approximate surface area is 206 Å². The topological polar surface area (TPSA) is 69.7 Å². The van der Waals surface area contributed by atoms with Crippen molar-refractivity contribution in [3.05, 3.63) is 42.5 Å². The number of nitrogens with one attached hydrogen (secondary N) is 1. The number of piperazine rings is 1. The maximum absolute atomic E-state index is 13.9. The average molecular weight is 480 g/mol. The van der Waals surface area contributed by atoms with Crippen LogP contribution in [-0.4, -0.2) is 83.2 Å². The second kappa shape index (κ2) is 10.3. The van der Waals surface area contributed by atoms with Crippen LogP contribution in [0.25, 0.3) is 11.0 Å². The summed E-state index contributed by atoms with van der Waals surface area (Å²) < 4.78 is 19.7. The maximum Gasteiger partial charge on any atom is 0.160 e. The highest BCUT2D eigenvalue weighted by atomic mass is 19.1. The number of pyridine rings is 1. The molecule has 0 unspecified atom stereocenters. The lowest BCUT2D eigenvalue weighted by Crippen LogP contribution is -2.52. The quantitative estimate of drug-likeness (QED) is 0.571. The number of benzene rings is 1. The minimum atomic E-state index is -0.348. The smallest absolute Gasteiger partial charge is 0.160 e. The number of likely N-dealkylation sites (N-methyl/N-ethyl adjacent to an activating group) is 1. The molecular weight excluding hydrogens is 445 g/mol. The average Bonchev–Trinajstić information content (AvgIpc) is 2.86. The summed E-state index contributed by atoms with van der Waals surface area (Å²) in [6.45, 7) is 10.4. The van der Waals surface area contributed by atoms with E-state index in [-0.39, 0.29) is 11.9 Å². The highest BCUT2D eigenvalue weighted by Gasteiger charge is 2.27. The van der Waals surface area contributed by atoms with Gasteiger partial charge in [0.2, 0.25) is 0 Å². The van der Waals surface area contributed by atoms with Crippen LogP contribution in [0.5, 0.6) is 5.75 Å². The van der Waals surface area contributed by atoms with E-state index in [1.165, 1.54) is 18.5 Å². The Morgan fingerprint density at radius 1 is 1.00 bits per heavy atom. The van der Waals surface area contributed by atoms with Gasteiger partial charge in [-0.2, -0.15) is 0 Å². The van der Waals surface area contributed by atoms with Gasteiger partial charge in [-0.1, -0.05) is 0 Å². The number of piperidine rings is 1. The van der Waals surface area contributed by atoms with Crippen LogP contribution in [0.15, 0.2) is 36.7 Å². The molecule has 0 radical (unpaired) electrons. The van der Waals surface area contributed by atoms with Crippen molar-refractivity contribution < 1.29 is 9.13 Å². The van der Waals surface area contributed by atoms with Gasteiger partial charge in [0.15, 0.2) is 5.82 Å². The Morgan fingerprint density at radius 2 is 1.77 bits per heavy atom. The monoisotopic (exact) mass is 479 g/mol. The standard InChI is InChI=1S/C26H34FN7O/c1-18(2)35-23-16-19(27)4-5-21(23)30-26-25-22(28-17-29-26)6-7-24(31-25)34-10-8-20(9-11-34)33-14-12-32(3)13-15-33/h4-7,16-18,20H,8-15H2,1-3H3,(H,28,29,30). The fourth-order valence-corrected chi connectivity index (χ4v) is 4.92. The van der Waals surface area contributed by atoms with Gasteiger partial charge in [0.05, 0.1) is 17.3 Å². The number of halogens is 1. The summed E-state index contributed by atoms with van der Waals surface area (Å²) in [5.41, 5.74) is 2.08. The molecular formula is C26H34FN7O. The van der Waals surface area contributed by atoms with Crippen molar-refractivity contribution in [2.24, 2.45) is 0 Å². The van der Waals surface area contributed by atoms with Crippen molar-refractivity contribution in [2.45, 2.75) is 38.8 Å². The van der Waals surface area contributed by atoms with Crippen LogP contribution >= 0.6 is 0 Å². The van der Waals surface area contributed by atoms with Gasteiger partial charge in [0, 0.05) is 51.4 Å². The molecule has 3 aromatic rings. The molecule has 9 heteroatoms. The molecule has 1 aromatic carbocycles. The largest absolute Gasteiger partial charge is 0.489 e. The van der Waals surface area contributed by atoms with Crippen molar-refractivity contribution in [1.29, 1.82) is 0 Å². The molecule has 4 heterocycles. The van der Waals surface area contributed by atoms with Gasteiger partial charge < -0.3 is 19.9 Å². The van der Waals surface area contributed by atoms with Crippen molar-refractivity contribution in [2.75, 3.05) is 56.5 Å². The third-order valence-corrected chi connectivity index (χ3v) is 6.87. The summed E-state index contributed by atoms with van der Waals surface area (Å²) in [7, 11) is 2.20. The Bertz CT molecular complexity index is 1160. The van der Waals surface area contributed by atoms with E-state index in [9.17, 15) is 4.39 Å². The van der Waals surface area contributed by atoms with Gasteiger partial charge in [0.1, 0.15) is 29.2 Å². The molecule has 2 aromatic heterocycles. The van der Waals surface area contributed by atoms with Crippen molar-refractivity contribution >= 4 is 28.4 Å². The first kappa shape index (κ1) is 23.7. The molecule has 186 valence electrons. The van der Waals surface area contributed by atoms with E-state index >= 15 is 0 Å². The summed E-state index contributed by atoms with van der Waals surface area (Å²) in [4.78, 5) is 21.2. The fourth-order valence-electron chi connectivity index (χ4n) is 4.92. The predicted molar refractivity (Wildman–Crippen MR) is 137 cm³/mol. The first-order valence-electron chi connectivity index (χ1n) is 12.5.